The molecule has 1 saturated carbocycles. The minimum Gasteiger partial charge on any atom is -0.386 e. The molecule has 0 atom stereocenters. The summed E-state index contributed by atoms with van der Waals surface area (Å²) in [4.78, 5) is 13.5. The summed E-state index contributed by atoms with van der Waals surface area (Å²) in [7, 11) is 0. The fraction of sp³-hybridized carbons (Fsp3) is 0.917. The Balaban J connectivity index is 1.82. The summed E-state index contributed by atoms with van der Waals surface area (Å²) < 4.78 is 37.4. The van der Waals surface area contributed by atoms with Crippen LogP contribution in [0.5, 0.6) is 0 Å². The summed E-state index contributed by atoms with van der Waals surface area (Å²) in [6.45, 7) is 2.24. The smallest absolute Gasteiger partial charge is 0.386 e. The predicted molar refractivity (Wildman–Crippen MR) is 58.7 cm³/mol. The largest absolute Gasteiger partial charge is 0.391 e. The summed E-state index contributed by atoms with van der Waals surface area (Å²) in [5.74, 6) is -1.64. The Hall–Kier alpha value is -0.780. The zero-order valence-electron chi connectivity index (χ0n) is 10.3. The maximum absolute atomic E-state index is 12.5. The third kappa shape index (κ3) is 2.79. The maximum atomic E-state index is 12.5. The van der Waals surface area contributed by atoms with E-state index in [4.69, 9.17) is 0 Å². The Labute approximate surface area is 104 Å². The van der Waals surface area contributed by atoms with E-state index in [0.717, 1.165) is 0 Å². The maximum Gasteiger partial charge on any atom is 0.391 e. The van der Waals surface area contributed by atoms with Crippen molar-refractivity contribution in [3.63, 3.8) is 0 Å². The minimum absolute atomic E-state index is 0.0458. The van der Waals surface area contributed by atoms with E-state index in [9.17, 15) is 23.1 Å². The van der Waals surface area contributed by atoms with Crippen molar-refractivity contribution in [1.29, 1.82) is 0 Å². The van der Waals surface area contributed by atoms with Gasteiger partial charge in [-0.25, -0.2) is 0 Å². The molecular formula is C12H18F3NO2. The van der Waals surface area contributed by atoms with E-state index in [1.54, 1.807) is 11.8 Å². The van der Waals surface area contributed by atoms with Gasteiger partial charge < -0.3 is 10.0 Å². The summed E-state index contributed by atoms with van der Waals surface area (Å²) in [5, 5.41) is 9.54. The van der Waals surface area contributed by atoms with Crippen LogP contribution in [0.15, 0.2) is 0 Å². The Morgan fingerprint density at radius 1 is 1.22 bits per heavy atom. The molecule has 104 valence electrons. The second-order valence-corrected chi connectivity index (χ2v) is 5.78. The van der Waals surface area contributed by atoms with Gasteiger partial charge in [0.05, 0.1) is 24.6 Å². The normalized spacial score (nSPS) is 31.9. The molecule has 0 aromatic rings. The first-order valence-corrected chi connectivity index (χ1v) is 6.27. The number of β-amino-alcohol motifs (C(OH)–C–C–N with tert-alkyl or cyclic N) is 1. The highest BCUT2D eigenvalue weighted by atomic mass is 19.4. The van der Waals surface area contributed by atoms with Gasteiger partial charge in [-0.05, 0) is 32.6 Å². The summed E-state index contributed by atoms with van der Waals surface area (Å²) in [6.07, 6.45) is -3.42. The third-order valence-corrected chi connectivity index (χ3v) is 3.91. The second kappa shape index (κ2) is 4.40. The van der Waals surface area contributed by atoms with Crippen molar-refractivity contribution in [2.24, 2.45) is 11.8 Å². The molecule has 0 aromatic carbocycles. The highest BCUT2D eigenvalue weighted by Gasteiger charge is 2.45. The highest BCUT2D eigenvalue weighted by molar-refractivity contribution is 5.80. The quantitative estimate of drug-likeness (QED) is 0.787. The lowest BCUT2D eigenvalue weighted by Crippen LogP contribution is -2.63. The van der Waals surface area contributed by atoms with Crippen LogP contribution in [-0.2, 0) is 4.79 Å². The zero-order chi connectivity index (χ0) is 13.6. The van der Waals surface area contributed by atoms with Gasteiger partial charge in [-0.15, -0.1) is 0 Å². The molecule has 2 aliphatic rings. The van der Waals surface area contributed by atoms with Crippen LogP contribution in [0.3, 0.4) is 0 Å². The number of aliphatic hydroxyl groups is 1. The van der Waals surface area contributed by atoms with Gasteiger partial charge >= 0.3 is 6.18 Å². The Morgan fingerprint density at radius 2 is 1.72 bits per heavy atom. The van der Waals surface area contributed by atoms with E-state index >= 15 is 0 Å². The lowest BCUT2D eigenvalue weighted by Gasteiger charge is -2.46. The molecule has 0 spiro atoms. The predicted octanol–water partition coefficient (Wildman–Crippen LogP) is 1.95. The number of rotatable bonds is 1. The fourth-order valence-electron chi connectivity index (χ4n) is 2.86. The molecule has 6 heteroatoms. The van der Waals surface area contributed by atoms with E-state index in [1.807, 2.05) is 0 Å². The van der Waals surface area contributed by atoms with Gasteiger partial charge in [0.15, 0.2) is 0 Å². The number of amides is 1. The molecule has 0 aromatic heterocycles. The fourth-order valence-corrected chi connectivity index (χ4v) is 2.86. The topological polar surface area (TPSA) is 40.5 Å². The van der Waals surface area contributed by atoms with Gasteiger partial charge in [-0.2, -0.15) is 13.2 Å². The molecule has 2 fully saturated rings. The van der Waals surface area contributed by atoms with Crippen LogP contribution >= 0.6 is 0 Å². The SMILES string of the molecule is CC1(O)CN(C(=O)C2CCC(C(F)(F)F)CC2)C1. The molecule has 1 heterocycles. The lowest BCUT2D eigenvalue weighted by atomic mass is 9.80. The molecule has 3 nitrogen and oxygen atoms in total. The van der Waals surface area contributed by atoms with Gasteiger partial charge in [0.2, 0.25) is 5.91 Å². The molecule has 0 radical (unpaired) electrons. The molecule has 0 unspecified atom stereocenters. The van der Waals surface area contributed by atoms with E-state index < -0.39 is 17.7 Å². The standard InChI is InChI=1S/C12H18F3NO2/c1-11(18)6-16(7-11)10(17)8-2-4-9(5-3-8)12(13,14)15/h8-9,18H,2-7H2,1H3. The average Bonchev–Trinajstić information content (AvgIpc) is 2.24. The third-order valence-electron chi connectivity index (χ3n) is 3.91. The Kier molecular flexibility index (Phi) is 3.34. The van der Waals surface area contributed by atoms with E-state index in [0.29, 0.717) is 25.9 Å². The van der Waals surface area contributed by atoms with Gasteiger partial charge in [-0.1, -0.05) is 0 Å². The van der Waals surface area contributed by atoms with Crippen molar-refractivity contribution in [2.45, 2.75) is 44.4 Å². The summed E-state index contributed by atoms with van der Waals surface area (Å²) in [6, 6.07) is 0. The van der Waals surface area contributed by atoms with E-state index in [2.05, 4.69) is 0 Å². The minimum atomic E-state index is -4.13. The van der Waals surface area contributed by atoms with Crippen molar-refractivity contribution in [3.05, 3.63) is 0 Å². The van der Waals surface area contributed by atoms with Gasteiger partial charge in [0, 0.05) is 5.92 Å². The van der Waals surface area contributed by atoms with Crippen molar-refractivity contribution in [1.82, 2.24) is 4.90 Å². The molecule has 18 heavy (non-hydrogen) atoms. The highest BCUT2D eigenvalue weighted by Crippen LogP contribution is 2.40. The molecule has 1 aliphatic carbocycles. The number of hydrogen-bond acceptors (Lipinski definition) is 2. The molecular weight excluding hydrogens is 247 g/mol. The second-order valence-electron chi connectivity index (χ2n) is 5.78. The number of nitrogens with zero attached hydrogens (tertiary/aromatic N) is 1. The zero-order valence-corrected chi connectivity index (χ0v) is 10.3. The lowest BCUT2D eigenvalue weighted by molar-refractivity contribution is -0.187. The van der Waals surface area contributed by atoms with Gasteiger partial charge in [0.1, 0.15) is 0 Å². The van der Waals surface area contributed by atoms with Crippen LogP contribution < -0.4 is 0 Å². The van der Waals surface area contributed by atoms with Crippen LogP contribution in [0.2, 0.25) is 0 Å². The molecule has 1 aliphatic heterocycles. The first-order chi connectivity index (χ1) is 8.19. The van der Waals surface area contributed by atoms with Crippen LogP contribution in [0.4, 0.5) is 13.2 Å². The van der Waals surface area contributed by atoms with E-state index in [1.165, 1.54) is 0 Å². The molecule has 1 amide bonds. The number of halogens is 3. The number of hydrogen-bond donors (Lipinski definition) is 1. The van der Waals surface area contributed by atoms with Crippen LogP contribution in [0, 0.1) is 11.8 Å². The van der Waals surface area contributed by atoms with Crippen LogP contribution in [-0.4, -0.2) is 40.8 Å². The van der Waals surface area contributed by atoms with Crippen molar-refractivity contribution >= 4 is 5.91 Å². The van der Waals surface area contributed by atoms with E-state index in [-0.39, 0.29) is 24.7 Å². The molecule has 0 bridgehead atoms. The number of carbonyl (C=O) groups excluding carboxylic acids is 1. The first-order valence-electron chi connectivity index (χ1n) is 6.27. The molecule has 1 saturated heterocycles. The first kappa shape index (κ1) is 13.6. The number of likely N-dealkylation sites (tertiary alicyclic amines) is 1. The molecule has 1 N–H and O–H groups in total. The van der Waals surface area contributed by atoms with Gasteiger partial charge in [0.25, 0.3) is 0 Å². The number of carbonyl (C=O) groups is 1. The number of alkyl halides is 3. The van der Waals surface area contributed by atoms with Crippen LogP contribution in [0.1, 0.15) is 32.6 Å². The summed E-state index contributed by atoms with van der Waals surface area (Å²) >= 11 is 0. The van der Waals surface area contributed by atoms with Crippen LogP contribution in [0.25, 0.3) is 0 Å². The monoisotopic (exact) mass is 265 g/mol. The summed E-state index contributed by atoms with van der Waals surface area (Å²) in [5.41, 5.74) is -0.821. The molecule has 2 rings (SSSR count). The van der Waals surface area contributed by atoms with Crippen molar-refractivity contribution < 1.29 is 23.1 Å². The van der Waals surface area contributed by atoms with Crippen molar-refractivity contribution in [2.75, 3.05) is 13.1 Å². The van der Waals surface area contributed by atoms with Gasteiger partial charge in [-0.3, -0.25) is 4.79 Å². The Morgan fingerprint density at radius 3 is 2.11 bits per heavy atom. The van der Waals surface area contributed by atoms with Crippen molar-refractivity contribution in [3.8, 4) is 0 Å². The Bertz CT molecular complexity index is 325. The average molecular weight is 265 g/mol.